The number of phenolic OH excluding ortho intramolecular Hbond substituents is 1. The molecular formula is C11H18INO. The molecule has 1 rings (SSSR count). The first-order chi connectivity index (χ1) is 5.88. The first kappa shape index (κ1) is 13.7. The zero-order valence-corrected chi connectivity index (χ0v) is 11.4. The summed E-state index contributed by atoms with van der Waals surface area (Å²) in [6.45, 7) is 2.89. The first-order valence-corrected chi connectivity index (χ1v) is 4.47. The van der Waals surface area contributed by atoms with E-state index in [1.807, 2.05) is 19.1 Å². The fourth-order valence-electron chi connectivity index (χ4n) is 1.35. The molecule has 2 nitrogen and oxygen atoms in total. The molecule has 0 bridgehead atoms. The lowest BCUT2D eigenvalue weighted by Crippen LogP contribution is -3.00. The van der Waals surface area contributed by atoms with Gasteiger partial charge < -0.3 is 33.6 Å². The molecule has 0 saturated carbocycles. The summed E-state index contributed by atoms with van der Waals surface area (Å²) in [6.07, 6.45) is 0. The van der Waals surface area contributed by atoms with Crippen molar-refractivity contribution >= 4 is 0 Å². The molecular weight excluding hydrogens is 289 g/mol. The number of benzene rings is 1. The second-order valence-electron chi connectivity index (χ2n) is 4.58. The van der Waals surface area contributed by atoms with Gasteiger partial charge in [0, 0.05) is 5.56 Å². The highest BCUT2D eigenvalue weighted by molar-refractivity contribution is 5.34. The molecule has 0 aliphatic carbocycles. The lowest BCUT2D eigenvalue weighted by molar-refractivity contribution is -0.884. The topological polar surface area (TPSA) is 20.2 Å². The van der Waals surface area contributed by atoms with Crippen molar-refractivity contribution in [1.29, 1.82) is 0 Å². The van der Waals surface area contributed by atoms with E-state index < -0.39 is 0 Å². The van der Waals surface area contributed by atoms with Crippen molar-refractivity contribution in [2.45, 2.75) is 13.5 Å². The molecule has 14 heavy (non-hydrogen) atoms. The van der Waals surface area contributed by atoms with Crippen LogP contribution in [0.25, 0.3) is 0 Å². The van der Waals surface area contributed by atoms with E-state index in [1.54, 1.807) is 6.07 Å². The molecule has 0 aromatic heterocycles. The zero-order chi connectivity index (χ0) is 10.1. The summed E-state index contributed by atoms with van der Waals surface area (Å²) in [4.78, 5) is 0. The predicted octanol–water partition coefficient (Wildman–Crippen LogP) is -1.09. The van der Waals surface area contributed by atoms with Crippen LogP contribution in [0, 0.1) is 6.92 Å². The van der Waals surface area contributed by atoms with Gasteiger partial charge in [0.2, 0.25) is 0 Å². The van der Waals surface area contributed by atoms with Crippen LogP contribution in [-0.4, -0.2) is 30.7 Å². The summed E-state index contributed by atoms with van der Waals surface area (Å²) in [5.41, 5.74) is 2.22. The molecule has 0 atom stereocenters. The average Bonchev–Trinajstić information content (AvgIpc) is 1.94. The maximum Gasteiger partial charge on any atom is 0.124 e. The molecule has 0 unspecified atom stereocenters. The molecule has 80 valence electrons. The van der Waals surface area contributed by atoms with Gasteiger partial charge in [0.25, 0.3) is 0 Å². The van der Waals surface area contributed by atoms with Gasteiger partial charge in [0.1, 0.15) is 12.3 Å². The van der Waals surface area contributed by atoms with Crippen LogP contribution in [0.2, 0.25) is 0 Å². The molecule has 0 heterocycles. The fraction of sp³-hybridized carbons (Fsp3) is 0.455. The highest BCUT2D eigenvalue weighted by atomic mass is 127. The number of halogens is 1. The van der Waals surface area contributed by atoms with Gasteiger partial charge >= 0.3 is 0 Å². The van der Waals surface area contributed by atoms with E-state index in [0.717, 1.165) is 16.6 Å². The monoisotopic (exact) mass is 307 g/mol. The molecule has 0 fully saturated rings. The van der Waals surface area contributed by atoms with E-state index in [9.17, 15) is 5.11 Å². The molecule has 0 radical (unpaired) electrons. The molecule has 0 aliphatic heterocycles. The van der Waals surface area contributed by atoms with Crippen LogP contribution < -0.4 is 24.0 Å². The fourth-order valence-corrected chi connectivity index (χ4v) is 1.35. The highest BCUT2D eigenvalue weighted by Gasteiger charge is 2.11. The van der Waals surface area contributed by atoms with Gasteiger partial charge in [-0.1, -0.05) is 11.6 Å². The molecule has 1 aromatic rings. The van der Waals surface area contributed by atoms with Crippen LogP contribution in [0.3, 0.4) is 0 Å². The maximum atomic E-state index is 9.59. The van der Waals surface area contributed by atoms with Gasteiger partial charge in [-0.25, -0.2) is 0 Å². The van der Waals surface area contributed by atoms with Crippen molar-refractivity contribution in [3.8, 4) is 5.75 Å². The van der Waals surface area contributed by atoms with Crippen LogP contribution in [0.15, 0.2) is 18.2 Å². The summed E-state index contributed by atoms with van der Waals surface area (Å²) in [6, 6.07) is 5.73. The lowest BCUT2D eigenvalue weighted by atomic mass is 10.1. The Labute approximate surface area is 103 Å². The second kappa shape index (κ2) is 4.98. The van der Waals surface area contributed by atoms with E-state index in [-0.39, 0.29) is 24.0 Å². The van der Waals surface area contributed by atoms with Crippen LogP contribution >= 0.6 is 0 Å². The Balaban J connectivity index is 0.00000169. The second-order valence-corrected chi connectivity index (χ2v) is 4.58. The molecule has 0 spiro atoms. The van der Waals surface area contributed by atoms with Crippen molar-refractivity contribution < 1.29 is 33.6 Å². The third kappa shape index (κ3) is 4.28. The Morgan fingerprint density at radius 1 is 1.21 bits per heavy atom. The molecule has 0 saturated heterocycles. The highest BCUT2D eigenvalue weighted by Crippen LogP contribution is 2.20. The van der Waals surface area contributed by atoms with E-state index in [0.29, 0.717) is 5.75 Å². The SMILES string of the molecule is Cc1ccc(O)c(C[N+](C)(C)C)c1.[I-]. The Bertz CT molecular complexity index is 305. The minimum Gasteiger partial charge on any atom is -1.00 e. The summed E-state index contributed by atoms with van der Waals surface area (Å²) in [5, 5.41) is 9.59. The van der Waals surface area contributed by atoms with Crippen LogP contribution in [0.1, 0.15) is 11.1 Å². The number of aromatic hydroxyl groups is 1. The Kier molecular flexibility index (Phi) is 4.88. The van der Waals surface area contributed by atoms with E-state index in [1.165, 1.54) is 5.56 Å². The van der Waals surface area contributed by atoms with Crippen molar-refractivity contribution in [2.75, 3.05) is 21.1 Å². The Morgan fingerprint density at radius 3 is 2.29 bits per heavy atom. The molecule has 1 aromatic carbocycles. The normalized spacial score (nSPS) is 10.9. The summed E-state index contributed by atoms with van der Waals surface area (Å²) in [5.74, 6) is 0.402. The molecule has 0 amide bonds. The maximum absolute atomic E-state index is 9.59. The smallest absolute Gasteiger partial charge is 0.124 e. The molecule has 0 aliphatic rings. The molecule has 1 N–H and O–H groups in total. The number of rotatable bonds is 2. The van der Waals surface area contributed by atoms with Gasteiger partial charge in [0.15, 0.2) is 0 Å². The van der Waals surface area contributed by atoms with Crippen LogP contribution in [0.5, 0.6) is 5.75 Å². The summed E-state index contributed by atoms with van der Waals surface area (Å²) >= 11 is 0. The minimum absolute atomic E-state index is 0. The Hall–Kier alpha value is -0.290. The van der Waals surface area contributed by atoms with E-state index >= 15 is 0 Å². The largest absolute Gasteiger partial charge is 1.00 e. The Morgan fingerprint density at radius 2 is 1.79 bits per heavy atom. The quantitative estimate of drug-likeness (QED) is 0.544. The van der Waals surface area contributed by atoms with Gasteiger partial charge in [-0.15, -0.1) is 0 Å². The van der Waals surface area contributed by atoms with Gasteiger partial charge in [-0.2, -0.15) is 0 Å². The summed E-state index contributed by atoms with van der Waals surface area (Å²) in [7, 11) is 6.34. The predicted molar refractivity (Wildman–Crippen MR) is 54.6 cm³/mol. The van der Waals surface area contributed by atoms with Gasteiger partial charge in [0.05, 0.1) is 21.1 Å². The van der Waals surface area contributed by atoms with E-state index in [2.05, 4.69) is 21.1 Å². The minimum atomic E-state index is 0. The van der Waals surface area contributed by atoms with Crippen molar-refractivity contribution in [3.05, 3.63) is 29.3 Å². The number of nitrogens with zero attached hydrogens (tertiary/aromatic N) is 1. The third-order valence-corrected chi connectivity index (χ3v) is 1.88. The average molecular weight is 307 g/mol. The number of quaternary nitrogens is 1. The van der Waals surface area contributed by atoms with Gasteiger partial charge in [-0.05, 0) is 19.1 Å². The number of aryl methyl sites for hydroxylation is 1. The third-order valence-electron chi connectivity index (χ3n) is 1.88. The van der Waals surface area contributed by atoms with E-state index in [4.69, 9.17) is 0 Å². The van der Waals surface area contributed by atoms with Crippen molar-refractivity contribution in [2.24, 2.45) is 0 Å². The number of hydrogen-bond donors (Lipinski definition) is 1. The molecule has 3 heteroatoms. The van der Waals surface area contributed by atoms with Crippen LogP contribution in [0.4, 0.5) is 0 Å². The van der Waals surface area contributed by atoms with Crippen molar-refractivity contribution in [3.63, 3.8) is 0 Å². The van der Waals surface area contributed by atoms with Gasteiger partial charge in [-0.3, -0.25) is 0 Å². The number of hydrogen-bond acceptors (Lipinski definition) is 1. The number of phenols is 1. The summed E-state index contributed by atoms with van der Waals surface area (Å²) < 4.78 is 0.830. The standard InChI is InChI=1S/C11H17NO.HI/c1-9-5-6-11(13)10(7-9)8-12(2,3)4;/h5-7H,8H2,1-4H3;1H. The lowest BCUT2D eigenvalue weighted by Gasteiger charge is -2.24. The zero-order valence-electron chi connectivity index (χ0n) is 9.21. The first-order valence-electron chi connectivity index (χ1n) is 4.47. The van der Waals surface area contributed by atoms with Crippen LogP contribution in [-0.2, 0) is 6.54 Å². The van der Waals surface area contributed by atoms with Crippen molar-refractivity contribution in [1.82, 2.24) is 0 Å².